The Morgan fingerprint density at radius 2 is 1.91 bits per heavy atom. The van der Waals surface area contributed by atoms with Gasteiger partial charge in [-0.3, -0.25) is 14.7 Å². The van der Waals surface area contributed by atoms with Crippen LogP contribution in [0.25, 0.3) is 11.3 Å². The number of hydrogen-bond acceptors (Lipinski definition) is 7. The molecule has 1 N–H and O–H groups in total. The summed E-state index contributed by atoms with van der Waals surface area (Å²) in [6.45, 7) is 1.48. The summed E-state index contributed by atoms with van der Waals surface area (Å²) in [7, 11) is 0. The zero-order chi connectivity index (χ0) is 22.6. The third kappa shape index (κ3) is 3.79. The molecule has 1 aromatic heterocycles. The molecule has 33 heavy (non-hydrogen) atoms. The number of hydrogen-bond donors (Lipinski definition) is 1. The zero-order valence-electron chi connectivity index (χ0n) is 18.0. The molecule has 2 fully saturated rings. The molecule has 1 spiro atoms. The third-order valence-corrected chi connectivity index (χ3v) is 7.15. The smallest absolute Gasteiger partial charge is 0.249 e. The molecular weight excluding hydrogens is 430 g/mol. The van der Waals surface area contributed by atoms with E-state index in [4.69, 9.17) is 9.57 Å². The zero-order valence-corrected chi connectivity index (χ0v) is 18.0. The van der Waals surface area contributed by atoms with Gasteiger partial charge in [-0.2, -0.15) is 0 Å². The number of hydroxylamine groups is 1. The Balaban J connectivity index is 1.09. The molecule has 0 amide bonds. The van der Waals surface area contributed by atoms with Crippen molar-refractivity contribution in [1.82, 2.24) is 15.4 Å². The van der Waals surface area contributed by atoms with Gasteiger partial charge in [0.05, 0.1) is 11.9 Å². The molecule has 7 nitrogen and oxygen atoms in total. The molecule has 1 saturated carbocycles. The Morgan fingerprint density at radius 3 is 2.61 bits per heavy atom. The predicted octanol–water partition coefficient (Wildman–Crippen LogP) is 3.59. The van der Waals surface area contributed by atoms with Gasteiger partial charge in [0.25, 0.3) is 0 Å². The van der Waals surface area contributed by atoms with E-state index in [0.717, 1.165) is 61.2 Å². The molecular formula is C24H24F2N4O3. The number of ether oxygens (including phenoxy) is 1. The number of amidine groups is 1. The van der Waals surface area contributed by atoms with Crippen LogP contribution in [0, 0.1) is 5.92 Å². The highest BCUT2D eigenvalue weighted by molar-refractivity contribution is 5.85. The highest BCUT2D eigenvalue weighted by Crippen LogP contribution is 2.44. The van der Waals surface area contributed by atoms with Crippen LogP contribution in [0.4, 0.5) is 8.78 Å². The second kappa shape index (κ2) is 7.56. The number of carbonyl (C=O) groups excluding carboxylic acids is 1. The molecule has 4 aliphatic rings. The fraction of sp³-hybridized carbons (Fsp3) is 0.458. The number of alkyl halides is 2. The lowest BCUT2D eigenvalue weighted by Crippen LogP contribution is -2.50. The summed E-state index contributed by atoms with van der Waals surface area (Å²) in [6.07, 6.45) is 4.26. The van der Waals surface area contributed by atoms with Gasteiger partial charge in [-0.15, -0.1) is 0 Å². The van der Waals surface area contributed by atoms with E-state index in [1.54, 1.807) is 18.3 Å². The molecule has 9 heteroatoms. The Hall–Kier alpha value is -2.91. The fourth-order valence-corrected chi connectivity index (χ4v) is 5.14. The topological polar surface area (TPSA) is 76.0 Å². The Labute approximate surface area is 189 Å². The van der Waals surface area contributed by atoms with Gasteiger partial charge >= 0.3 is 0 Å². The SMILES string of the molecule is O=Cc1ccc(-c2cc3c(cn2)OC2(CCN(C4N=C(C5CC(F)(F)C5)NO4)CC2)C3)cc1. The van der Waals surface area contributed by atoms with Gasteiger partial charge in [0, 0.05) is 67.8 Å². The molecule has 1 atom stereocenters. The monoisotopic (exact) mass is 454 g/mol. The van der Waals surface area contributed by atoms with E-state index >= 15 is 0 Å². The molecule has 0 radical (unpaired) electrons. The number of pyridine rings is 1. The van der Waals surface area contributed by atoms with E-state index < -0.39 is 12.3 Å². The third-order valence-electron chi connectivity index (χ3n) is 7.15. The number of nitrogens with zero attached hydrogens (tertiary/aromatic N) is 3. The molecule has 1 aliphatic carbocycles. The number of halogens is 2. The van der Waals surface area contributed by atoms with Crippen LogP contribution in [-0.4, -0.2) is 53.0 Å². The van der Waals surface area contributed by atoms with Gasteiger partial charge in [-0.1, -0.05) is 24.3 Å². The van der Waals surface area contributed by atoms with Gasteiger partial charge in [0.15, 0.2) is 0 Å². The molecule has 2 aromatic rings. The number of aromatic nitrogens is 1. The lowest BCUT2D eigenvalue weighted by Gasteiger charge is -2.39. The highest BCUT2D eigenvalue weighted by atomic mass is 19.3. The number of piperidine rings is 1. The second-order valence-corrected chi connectivity index (χ2v) is 9.44. The van der Waals surface area contributed by atoms with Crippen molar-refractivity contribution >= 4 is 12.1 Å². The Bertz CT molecular complexity index is 1110. The van der Waals surface area contributed by atoms with Crippen LogP contribution < -0.4 is 10.2 Å². The van der Waals surface area contributed by atoms with E-state index in [2.05, 4.69) is 26.4 Å². The maximum absolute atomic E-state index is 13.2. The van der Waals surface area contributed by atoms with Crippen molar-refractivity contribution in [3.63, 3.8) is 0 Å². The molecule has 1 saturated heterocycles. The molecule has 172 valence electrons. The molecule has 3 aliphatic heterocycles. The van der Waals surface area contributed by atoms with E-state index in [1.165, 1.54) is 0 Å². The summed E-state index contributed by atoms with van der Waals surface area (Å²) in [4.78, 5) is 27.7. The van der Waals surface area contributed by atoms with Gasteiger partial charge in [-0.25, -0.2) is 24.1 Å². The number of nitrogens with one attached hydrogen (secondary N) is 1. The van der Waals surface area contributed by atoms with Crippen LogP contribution in [0.5, 0.6) is 5.75 Å². The largest absolute Gasteiger partial charge is 0.485 e. The molecule has 1 unspecified atom stereocenters. The number of carbonyl (C=O) groups is 1. The second-order valence-electron chi connectivity index (χ2n) is 9.44. The first-order chi connectivity index (χ1) is 15.9. The lowest BCUT2D eigenvalue weighted by molar-refractivity contribution is -0.102. The fourth-order valence-electron chi connectivity index (χ4n) is 5.14. The minimum atomic E-state index is -2.58. The number of benzene rings is 1. The first-order valence-corrected chi connectivity index (χ1v) is 11.3. The quantitative estimate of drug-likeness (QED) is 0.712. The van der Waals surface area contributed by atoms with Crippen molar-refractivity contribution in [3.8, 4) is 17.0 Å². The van der Waals surface area contributed by atoms with Crippen LogP contribution in [0.3, 0.4) is 0 Å². The van der Waals surface area contributed by atoms with E-state index in [9.17, 15) is 13.6 Å². The van der Waals surface area contributed by atoms with Crippen molar-refractivity contribution in [3.05, 3.63) is 47.7 Å². The van der Waals surface area contributed by atoms with Crippen LogP contribution in [-0.2, 0) is 11.3 Å². The van der Waals surface area contributed by atoms with Crippen molar-refractivity contribution in [2.45, 2.75) is 50.0 Å². The van der Waals surface area contributed by atoms with E-state index in [0.29, 0.717) is 11.4 Å². The first kappa shape index (κ1) is 20.7. The highest BCUT2D eigenvalue weighted by Gasteiger charge is 2.50. The number of fused-ring (bicyclic) bond motifs is 1. The van der Waals surface area contributed by atoms with Gasteiger partial charge in [0.1, 0.15) is 23.5 Å². The Kier molecular flexibility index (Phi) is 4.74. The van der Waals surface area contributed by atoms with Crippen LogP contribution in [0.2, 0.25) is 0 Å². The van der Waals surface area contributed by atoms with E-state index in [-0.39, 0.29) is 24.4 Å². The minimum absolute atomic E-state index is 0.165. The van der Waals surface area contributed by atoms with Crippen molar-refractivity contribution in [2.24, 2.45) is 10.9 Å². The summed E-state index contributed by atoms with van der Waals surface area (Å²) < 4.78 is 32.7. The minimum Gasteiger partial charge on any atom is -0.485 e. The van der Waals surface area contributed by atoms with Gasteiger partial charge < -0.3 is 4.74 Å². The van der Waals surface area contributed by atoms with Crippen LogP contribution in [0.1, 0.15) is 41.6 Å². The van der Waals surface area contributed by atoms with E-state index in [1.807, 2.05) is 12.1 Å². The average Bonchev–Trinajstić information content (AvgIpc) is 3.42. The summed E-state index contributed by atoms with van der Waals surface area (Å²) in [6, 6.07) is 9.45. The maximum atomic E-state index is 13.2. The predicted molar refractivity (Wildman–Crippen MR) is 116 cm³/mol. The number of aldehydes is 1. The van der Waals surface area contributed by atoms with Crippen molar-refractivity contribution in [1.29, 1.82) is 0 Å². The first-order valence-electron chi connectivity index (χ1n) is 11.3. The maximum Gasteiger partial charge on any atom is 0.249 e. The van der Waals surface area contributed by atoms with Gasteiger partial charge in [0.2, 0.25) is 12.3 Å². The summed E-state index contributed by atoms with van der Waals surface area (Å²) in [5.41, 5.74) is 6.09. The molecule has 1 aromatic carbocycles. The summed E-state index contributed by atoms with van der Waals surface area (Å²) in [5.74, 6) is -1.46. The lowest BCUT2D eigenvalue weighted by atomic mass is 9.80. The van der Waals surface area contributed by atoms with Crippen LogP contribution in [0.15, 0.2) is 41.5 Å². The standard InChI is InChI=1S/C24H24F2N4O3/c25-24(26)11-18(12-24)21-28-22(33-29-21)30-7-5-23(6-8-30)10-17-9-19(27-13-20(17)32-23)16-3-1-15(14-31)2-4-16/h1-4,9,13-14,18,22H,5-8,10-12H2,(H,28,29). The average molecular weight is 454 g/mol. The number of rotatable bonds is 4. The normalized spacial score (nSPS) is 25.6. The Morgan fingerprint density at radius 1 is 1.15 bits per heavy atom. The number of aliphatic imine (C=N–C) groups is 1. The van der Waals surface area contributed by atoms with Crippen molar-refractivity contribution < 1.29 is 23.1 Å². The van der Waals surface area contributed by atoms with Crippen molar-refractivity contribution in [2.75, 3.05) is 13.1 Å². The summed E-state index contributed by atoms with van der Waals surface area (Å²) >= 11 is 0. The van der Waals surface area contributed by atoms with Gasteiger partial charge in [-0.05, 0) is 6.07 Å². The van der Waals surface area contributed by atoms with Crippen LogP contribution >= 0.6 is 0 Å². The molecule has 0 bridgehead atoms. The molecule has 4 heterocycles. The summed E-state index contributed by atoms with van der Waals surface area (Å²) in [5, 5.41) is 0. The molecule has 6 rings (SSSR count). The number of likely N-dealkylation sites (tertiary alicyclic amines) is 1.